The van der Waals surface area contributed by atoms with Crippen LogP contribution in [0.2, 0.25) is 0 Å². The third-order valence-electron chi connectivity index (χ3n) is 4.46. The molecule has 0 bridgehead atoms. The van der Waals surface area contributed by atoms with Gasteiger partial charge in [-0.15, -0.1) is 0 Å². The topological polar surface area (TPSA) is 29.1 Å². The van der Waals surface area contributed by atoms with Crippen molar-refractivity contribution in [2.24, 2.45) is 0 Å². The molecule has 0 aromatic heterocycles. The third-order valence-corrected chi connectivity index (χ3v) is 4.46. The van der Waals surface area contributed by atoms with Crippen molar-refractivity contribution >= 4 is 12.0 Å². The van der Waals surface area contributed by atoms with Crippen molar-refractivity contribution in [3.63, 3.8) is 0 Å². The van der Waals surface area contributed by atoms with E-state index >= 15 is 0 Å². The van der Waals surface area contributed by atoms with E-state index in [0.717, 1.165) is 12.0 Å². The molecule has 23 heavy (non-hydrogen) atoms. The van der Waals surface area contributed by atoms with Gasteiger partial charge in [0.1, 0.15) is 0 Å². The summed E-state index contributed by atoms with van der Waals surface area (Å²) in [5, 5.41) is 3.05. The first-order valence-electron chi connectivity index (χ1n) is 8.38. The summed E-state index contributed by atoms with van der Waals surface area (Å²) in [7, 11) is 0. The van der Waals surface area contributed by atoms with Crippen molar-refractivity contribution in [1.82, 2.24) is 5.32 Å². The molecule has 1 aliphatic rings. The molecule has 2 aromatic rings. The summed E-state index contributed by atoms with van der Waals surface area (Å²) in [5.41, 5.74) is 5.15. The SMILES string of the molecule is C[C@@H](NC(=O)/C=C/c1ccccc1)c1ccc2c(c1)CCCC2. The fraction of sp³-hybridized carbons (Fsp3) is 0.286. The monoisotopic (exact) mass is 305 g/mol. The van der Waals surface area contributed by atoms with Crippen LogP contribution in [0.15, 0.2) is 54.6 Å². The highest BCUT2D eigenvalue weighted by Crippen LogP contribution is 2.24. The van der Waals surface area contributed by atoms with Crippen LogP contribution in [0.5, 0.6) is 0 Å². The Morgan fingerprint density at radius 3 is 2.57 bits per heavy atom. The molecule has 0 fully saturated rings. The van der Waals surface area contributed by atoms with Crippen LogP contribution in [0.25, 0.3) is 6.08 Å². The predicted molar refractivity (Wildman–Crippen MR) is 95.1 cm³/mol. The number of fused-ring (bicyclic) bond motifs is 1. The van der Waals surface area contributed by atoms with Gasteiger partial charge in [-0.2, -0.15) is 0 Å². The van der Waals surface area contributed by atoms with Crippen molar-refractivity contribution in [3.05, 3.63) is 76.9 Å². The number of amides is 1. The van der Waals surface area contributed by atoms with Gasteiger partial charge in [0.05, 0.1) is 6.04 Å². The lowest BCUT2D eigenvalue weighted by Crippen LogP contribution is -2.24. The van der Waals surface area contributed by atoms with Crippen LogP contribution < -0.4 is 5.32 Å². The maximum atomic E-state index is 12.1. The summed E-state index contributed by atoms with van der Waals surface area (Å²) < 4.78 is 0. The molecule has 1 amide bonds. The smallest absolute Gasteiger partial charge is 0.244 e. The van der Waals surface area contributed by atoms with Gasteiger partial charge in [-0.3, -0.25) is 4.79 Å². The molecule has 2 aromatic carbocycles. The highest BCUT2D eigenvalue weighted by Gasteiger charge is 2.13. The van der Waals surface area contributed by atoms with E-state index in [0.29, 0.717) is 0 Å². The number of hydrogen-bond donors (Lipinski definition) is 1. The summed E-state index contributed by atoms with van der Waals surface area (Å²) in [6.07, 6.45) is 8.37. The maximum Gasteiger partial charge on any atom is 0.244 e. The molecule has 1 N–H and O–H groups in total. The second kappa shape index (κ2) is 7.28. The second-order valence-electron chi connectivity index (χ2n) is 6.21. The van der Waals surface area contributed by atoms with Crippen LogP contribution in [-0.4, -0.2) is 5.91 Å². The average Bonchev–Trinajstić information content (AvgIpc) is 2.60. The Morgan fingerprint density at radius 2 is 1.78 bits per heavy atom. The van der Waals surface area contributed by atoms with E-state index in [2.05, 4.69) is 23.5 Å². The van der Waals surface area contributed by atoms with E-state index in [1.54, 1.807) is 6.08 Å². The van der Waals surface area contributed by atoms with Crippen LogP contribution in [0, 0.1) is 0 Å². The normalized spacial score (nSPS) is 15.2. The quantitative estimate of drug-likeness (QED) is 0.830. The van der Waals surface area contributed by atoms with Crippen LogP contribution in [-0.2, 0) is 17.6 Å². The first kappa shape index (κ1) is 15.5. The molecule has 1 atom stereocenters. The maximum absolute atomic E-state index is 12.1. The number of benzene rings is 2. The molecule has 0 spiro atoms. The van der Waals surface area contributed by atoms with Crippen LogP contribution >= 0.6 is 0 Å². The van der Waals surface area contributed by atoms with Crippen LogP contribution in [0.4, 0.5) is 0 Å². The van der Waals surface area contributed by atoms with Gasteiger partial charge in [0.2, 0.25) is 5.91 Å². The number of rotatable bonds is 4. The van der Waals surface area contributed by atoms with Gasteiger partial charge >= 0.3 is 0 Å². The van der Waals surface area contributed by atoms with E-state index < -0.39 is 0 Å². The average molecular weight is 305 g/mol. The van der Waals surface area contributed by atoms with Gasteiger partial charge in [0, 0.05) is 6.08 Å². The largest absolute Gasteiger partial charge is 0.346 e. The van der Waals surface area contributed by atoms with E-state index in [1.807, 2.05) is 43.3 Å². The molecule has 0 radical (unpaired) electrons. The minimum Gasteiger partial charge on any atom is -0.346 e. The Kier molecular flexibility index (Phi) is 4.92. The standard InChI is InChI=1S/C21H23NO/c1-16(19-13-12-18-9-5-6-10-20(18)15-19)22-21(23)14-11-17-7-3-2-4-8-17/h2-4,7-8,11-16H,5-6,9-10H2,1H3,(H,22,23)/b14-11+/t16-/m1/s1. The lowest BCUT2D eigenvalue weighted by Gasteiger charge is -2.19. The summed E-state index contributed by atoms with van der Waals surface area (Å²) in [5.74, 6) is -0.0564. The Labute approximate surface area is 138 Å². The van der Waals surface area contributed by atoms with E-state index in [-0.39, 0.29) is 11.9 Å². The number of carbonyl (C=O) groups excluding carboxylic acids is 1. The van der Waals surface area contributed by atoms with E-state index in [4.69, 9.17) is 0 Å². The predicted octanol–water partition coefficient (Wildman–Crippen LogP) is 4.46. The zero-order valence-electron chi connectivity index (χ0n) is 13.6. The lowest BCUT2D eigenvalue weighted by atomic mass is 9.89. The van der Waals surface area contributed by atoms with Gasteiger partial charge in [-0.25, -0.2) is 0 Å². The van der Waals surface area contributed by atoms with Crippen molar-refractivity contribution in [2.45, 2.75) is 38.6 Å². The summed E-state index contributed by atoms with van der Waals surface area (Å²) in [6.45, 7) is 2.04. The van der Waals surface area contributed by atoms with Gasteiger partial charge in [0.15, 0.2) is 0 Å². The zero-order valence-corrected chi connectivity index (χ0v) is 13.6. The summed E-state index contributed by atoms with van der Waals surface area (Å²) in [4.78, 5) is 12.1. The Bertz CT molecular complexity index is 703. The summed E-state index contributed by atoms with van der Waals surface area (Å²) in [6, 6.07) is 16.5. The van der Waals surface area contributed by atoms with Crippen molar-refractivity contribution in [2.75, 3.05) is 0 Å². The lowest BCUT2D eigenvalue weighted by molar-refractivity contribution is -0.117. The summed E-state index contributed by atoms with van der Waals surface area (Å²) >= 11 is 0. The first-order valence-corrected chi connectivity index (χ1v) is 8.38. The molecular weight excluding hydrogens is 282 g/mol. The number of hydrogen-bond acceptors (Lipinski definition) is 1. The van der Waals surface area contributed by atoms with Crippen LogP contribution in [0.3, 0.4) is 0 Å². The van der Waals surface area contributed by atoms with Crippen molar-refractivity contribution in [1.29, 1.82) is 0 Å². The zero-order chi connectivity index (χ0) is 16.1. The number of nitrogens with one attached hydrogen (secondary N) is 1. The van der Waals surface area contributed by atoms with Gasteiger partial charge in [0.25, 0.3) is 0 Å². The minimum absolute atomic E-state index is 0.0233. The fourth-order valence-electron chi connectivity index (χ4n) is 3.10. The molecule has 2 heteroatoms. The van der Waals surface area contributed by atoms with Gasteiger partial charge in [-0.05, 0) is 60.9 Å². The molecule has 0 saturated heterocycles. The first-order chi connectivity index (χ1) is 11.2. The molecule has 3 rings (SSSR count). The molecular formula is C21H23NO. The second-order valence-corrected chi connectivity index (χ2v) is 6.21. The minimum atomic E-state index is -0.0564. The Morgan fingerprint density at radius 1 is 1.04 bits per heavy atom. The molecule has 0 aliphatic heterocycles. The highest BCUT2D eigenvalue weighted by atomic mass is 16.1. The van der Waals surface area contributed by atoms with E-state index in [9.17, 15) is 4.79 Å². The number of aryl methyl sites for hydroxylation is 2. The number of carbonyl (C=O) groups is 1. The molecule has 0 saturated carbocycles. The molecule has 0 unspecified atom stereocenters. The molecule has 118 valence electrons. The third kappa shape index (κ3) is 4.10. The Hall–Kier alpha value is -2.35. The molecule has 1 aliphatic carbocycles. The van der Waals surface area contributed by atoms with Crippen LogP contribution in [0.1, 0.15) is 48.1 Å². The fourth-order valence-corrected chi connectivity index (χ4v) is 3.10. The molecule has 2 nitrogen and oxygen atoms in total. The van der Waals surface area contributed by atoms with Gasteiger partial charge < -0.3 is 5.32 Å². The van der Waals surface area contributed by atoms with Gasteiger partial charge in [-0.1, -0.05) is 48.5 Å². The Balaban J connectivity index is 1.63. The highest BCUT2D eigenvalue weighted by molar-refractivity contribution is 5.91. The van der Waals surface area contributed by atoms with E-state index in [1.165, 1.54) is 36.0 Å². The van der Waals surface area contributed by atoms with Crippen molar-refractivity contribution < 1.29 is 4.79 Å². The molecule has 0 heterocycles. The van der Waals surface area contributed by atoms with Crippen molar-refractivity contribution in [3.8, 4) is 0 Å².